The van der Waals surface area contributed by atoms with Crippen molar-refractivity contribution >= 4 is 33.1 Å². The molecule has 0 spiro atoms. The zero-order chi connectivity index (χ0) is 18.8. The molecule has 2 heterocycles. The van der Waals surface area contributed by atoms with Crippen molar-refractivity contribution < 1.29 is 9.53 Å². The van der Waals surface area contributed by atoms with Gasteiger partial charge in [0.2, 0.25) is 0 Å². The molecule has 1 fully saturated rings. The number of hydrogen-bond acceptors (Lipinski definition) is 5. The molecular weight excluding hydrogens is 358 g/mol. The average Bonchev–Trinajstić information content (AvgIpc) is 3.07. The summed E-state index contributed by atoms with van der Waals surface area (Å²) in [6, 6.07) is 13.8. The van der Waals surface area contributed by atoms with Gasteiger partial charge in [-0.2, -0.15) is 0 Å². The molecule has 0 unspecified atom stereocenters. The summed E-state index contributed by atoms with van der Waals surface area (Å²) in [7, 11) is 0. The van der Waals surface area contributed by atoms with Crippen molar-refractivity contribution in [3.63, 3.8) is 0 Å². The molecule has 2 aromatic carbocycles. The van der Waals surface area contributed by atoms with Crippen molar-refractivity contribution in [2.45, 2.75) is 32.6 Å². The maximum absolute atomic E-state index is 12.6. The minimum absolute atomic E-state index is 0.129. The smallest absolute Gasteiger partial charge is 0.257 e. The number of nitrogens with one attached hydrogen (secondary N) is 1. The second-order valence-corrected chi connectivity index (χ2v) is 7.97. The number of carbonyl (C=O) groups excluding carboxylic acids is 1. The largest absolute Gasteiger partial charge is 0.373 e. The number of ether oxygens (including phenoxy) is 1. The Balaban J connectivity index is 1.41. The van der Waals surface area contributed by atoms with E-state index in [-0.39, 0.29) is 18.1 Å². The van der Waals surface area contributed by atoms with E-state index in [9.17, 15) is 4.79 Å². The highest BCUT2D eigenvalue weighted by Gasteiger charge is 2.22. The number of anilines is 1. The van der Waals surface area contributed by atoms with Gasteiger partial charge in [0.15, 0.2) is 5.13 Å². The fourth-order valence-corrected chi connectivity index (χ4v) is 4.28. The molecule has 3 aromatic rings. The van der Waals surface area contributed by atoms with E-state index in [2.05, 4.69) is 29.0 Å². The molecule has 0 bridgehead atoms. The Morgan fingerprint density at radius 3 is 2.70 bits per heavy atom. The van der Waals surface area contributed by atoms with Gasteiger partial charge in [0.25, 0.3) is 5.91 Å². The second kappa shape index (κ2) is 7.76. The van der Waals surface area contributed by atoms with E-state index >= 15 is 0 Å². The summed E-state index contributed by atoms with van der Waals surface area (Å²) in [5.41, 5.74) is 1.62. The van der Waals surface area contributed by atoms with E-state index in [1.807, 2.05) is 47.8 Å². The number of nitrogens with zero attached hydrogens (tertiary/aromatic N) is 2. The number of rotatable bonds is 4. The standard InChI is InChI=1S/C21H23N3O2S/c1-14-10-24(11-15(2)26-14)12-19-13-27-21(22-19)23-20(25)18-8-7-16-5-3-4-6-17(16)9-18/h3-9,13-15H,10-12H2,1-2H3,(H,22,23,25)/t14-,15-/m0/s1. The number of hydrogen-bond donors (Lipinski definition) is 1. The van der Waals surface area contributed by atoms with Gasteiger partial charge in [-0.1, -0.05) is 30.3 Å². The molecule has 5 nitrogen and oxygen atoms in total. The van der Waals surface area contributed by atoms with E-state index in [0.29, 0.717) is 10.7 Å². The lowest BCUT2D eigenvalue weighted by atomic mass is 10.1. The molecular formula is C21H23N3O2S. The van der Waals surface area contributed by atoms with Gasteiger partial charge in [-0.15, -0.1) is 11.3 Å². The van der Waals surface area contributed by atoms with Crippen LogP contribution in [0.3, 0.4) is 0 Å². The Morgan fingerprint density at radius 1 is 1.19 bits per heavy atom. The summed E-state index contributed by atoms with van der Waals surface area (Å²) in [6.07, 6.45) is 0.471. The molecule has 0 aliphatic carbocycles. The first-order chi connectivity index (χ1) is 13.1. The highest BCUT2D eigenvalue weighted by atomic mass is 32.1. The van der Waals surface area contributed by atoms with Crippen molar-refractivity contribution in [1.29, 1.82) is 0 Å². The quantitative estimate of drug-likeness (QED) is 0.737. The molecule has 1 aromatic heterocycles. The summed E-state index contributed by atoms with van der Waals surface area (Å²) in [6.45, 7) is 6.78. The van der Waals surface area contributed by atoms with Crippen LogP contribution >= 0.6 is 11.3 Å². The third-order valence-electron chi connectivity index (χ3n) is 4.66. The molecule has 4 rings (SSSR count). The average molecular weight is 382 g/mol. The Labute approximate surface area is 163 Å². The summed E-state index contributed by atoms with van der Waals surface area (Å²) < 4.78 is 5.77. The first-order valence-corrected chi connectivity index (χ1v) is 10.1. The Morgan fingerprint density at radius 2 is 1.93 bits per heavy atom. The molecule has 140 valence electrons. The van der Waals surface area contributed by atoms with E-state index in [1.54, 1.807) is 0 Å². The first-order valence-electron chi connectivity index (χ1n) is 9.19. The van der Waals surface area contributed by atoms with Gasteiger partial charge < -0.3 is 4.74 Å². The maximum atomic E-state index is 12.6. The number of carbonyl (C=O) groups is 1. The maximum Gasteiger partial charge on any atom is 0.257 e. The molecule has 1 N–H and O–H groups in total. The zero-order valence-electron chi connectivity index (χ0n) is 15.5. The number of benzene rings is 2. The monoisotopic (exact) mass is 381 g/mol. The fraction of sp³-hybridized carbons (Fsp3) is 0.333. The minimum atomic E-state index is -0.129. The summed E-state index contributed by atoms with van der Waals surface area (Å²) in [4.78, 5) is 19.5. The van der Waals surface area contributed by atoms with Crippen LogP contribution < -0.4 is 5.32 Å². The molecule has 0 saturated carbocycles. The summed E-state index contributed by atoms with van der Waals surface area (Å²) in [5.74, 6) is -0.129. The van der Waals surface area contributed by atoms with Gasteiger partial charge in [0, 0.05) is 30.6 Å². The van der Waals surface area contributed by atoms with Crippen LogP contribution in [0.1, 0.15) is 29.9 Å². The number of morpholine rings is 1. The molecule has 2 atom stereocenters. The molecule has 1 aliphatic rings. The third-order valence-corrected chi connectivity index (χ3v) is 5.47. The summed E-state index contributed by atoms with van der Waals surface area (Å²) >= 11 is 1.47. The van der Waals surface area contributed by atoms with Crippen LogP contribution in [0.4, 0.5) is 5.13 Å². The SMILES string of the molecule is C[C@H]1CN(Cc2csc(NC(=O)c3ccc4ccccc4c3)n2)C[C@H](C)O1. The zero-order valence-corrected chi connectivity index (χ0v) is 16.3. The number of amides is 1. The van der Waals surface area contributed by atoms with Crippen LogP contribution in [-0.2, 0) is 11.3 Å². The van der Waals surface area contributed by atoms with Gasteiger partial charge in [-0.3, -0.25) is 15.0 Å². The lowest BCUT2D eigenvalue weighted by Gasteiger charge is -2.34. The highest BCUT2D eigenvalue weighted by Crippen LogP contribution is 2.21. The van der Waals surface area contributed by atoms with Crippen LogP contribution in [0.15, 0.2) is 47.8 Å². The number of fused-ring (bicyclic) bond motifs is 1. The van der Waals surface area contributed by atoms with E-state index < -0.39 is 0 Å². The van der Waals surface area contributed by atoms with E-state index in [1.165, 1.54) is 11.3 Å². The van der Waals surface area contributed by atoms with Gasteiger partial charge in [0.1, 0.15) is 0 Å². The Kier molecular flexibility index (Phi) is 5.20. The third kappa shape index (κ3) is 4.35. The van der Waals surface area contributed by atoms with Crippen LogP contribution in [0.2, 0.25) is 0 Å². The van der Waals surface area contributed by atoms with E-state index in [4.69, 9.17) is 4.74 Å². The molecule has 6 heteroatoms. The van der Waals surface area contributed by atoms with Gasteiger partial charge in [0.05, 0.1) is 17.9 Å². The van der Waals surface area contributed by atoms with Crippen LogP contribution in [0.5, 0.6) is 0 Å². The normalized spacial score (nSPS) is 20.7. The van der Waals surface area contributed by atoms with Crippen LogP contribution in [0, 0.1) is 0 Å². The topological polar surface area (TPSA) is 54.5 Å². The van der Waals surface area contributed by atoms with Crippen molar-refractivity contribution in [2.24, 2.45) is 0 Å². The van der Waals surface area contributed by atoms with Crippen molar-refractivity contribution in [2.75, 3.05) is 18.4 Å². The molecule has 1 saturated heterocycles. The summed E-state index contributed by atoms with van der Waals surface area (Å²) in [5, 5.41) is 7.76. The molecule has 27 heavy (non-hydrogen) atoms. The minimum Gasteiger partial charge on any atom is -0.373 e. The van der Waals surface area contributed by atoms with E-state index in [0.717, 1.165) is 36.1 Å². The van der Waals surface area contributed by atoms with Gasteiger partial charge in [-0.05, 0) is 36.8 Å². The van der Waals surface area contributed by atoms with Gasteiger partial charge in [-0.25, -0.2) is 4.98 Å². The van der Waals surface area contributed by atoms with Gasteiger partial charge >= 0.3 is 0 Å². The number of thiazole rings is 1. The molecule has 0 radical (unpaired) electrons. The van der Waals surface area contributed by atoms with Crippen LogP contribution in [-0.4, -0.2) is 41.1 Å². The first kappa shape index (κ1) is 18.1. The predicted molar refractivity (Wildman–Crippen MR) is 109 cm³/mol. The lowest BCUT2D eigenvalue weighted by Crippen LogP contribution is -2.44. The van der Waals surface area contributed by atoms with Crippen LogP contribution in [0.25, 0.3) is 10.8 Å². The molecule has 1 aliphatic heterocycles. The molecule has 1 amide bonds. The number of aromatic nitrogens is 1. The highest BCUT2D eigenvalue weighted by molar-refractivity contribution is 7.14. The Bertz CT molecular complexity index is 945. The fourth-order valence-electron chi connectivity index (χ4n) is 3.58. The predicted octanol–water partition coefficient (Wildman–Crippen LogP) is 4.16. The van der Waals surface area contributed by atoms with Crippen molar-refractivity contribution in [1.82, 2.24) is 9.88 Å². The second-order valence-electron chi connectivity index (χ2n) is 7.11. The van der Waals surface area contributed by atoms with Crippen molar-refractivity contribution in [3.8, 4) is 0 Å². The Hall–Kier alpha value is -2.28. The lowest BCUT2D eigenvalue weighted by molar-refractivity contribution is -0.0707. The van der Waals surface area contributed by atoms with Crippen molar-refractivity contribution in [3.05, 3.63) is 59.1 Å².